The molecule has 0 aliphatic carbocycles. The number of hydrogen-bond acceptors (Lipinski definition) is 4. The zero-order valence-electron chi connectivity index (χ0n) is 19.0. The Morgan fingerprint density at radius 1 is 1.12 bits per heavy atom. The van der Waals surface area contributed by atoms with Crippen LogP contribution in [-0.4, -0.2) is 67.9 Å². The molecule has 34 heavy (non-hydrogen) atoms. The Bertz CT molecular complexity index is 972. The standard InChI is InChI=1S/C24H29F3N4O3/c1-2-34-16-4-11-28-23(29-20-9-7-18(8-10-20)22(32)33)31-14-12-30(13-15-31)21-6-3-5-19(17-21)24(25,26)27/h3,5-10,17H,2,4,11-16H2,1H3,(H,28,29)(H,32,33). The first-order valence-corrected chi connectivity index (χ1v) is 11.2. The summed E-state index contributed by atoms with van der Waals surface area (Å²) in [7, 11) is 0. The van der Waals surface area contributed by atoms with Gasteiger partial charge in [0.1, 0.15) is 0 Å². The maximum atomic E-state index is 13.1. The van der Waals surface area contributed by atoms with E-state index < -0.39 is 17.7 Å². The third kappa shape index (κ3) is 7.11. The van der Waals surface area contributed by atoms with Crippen molar-refractivity contribution in [1.82, 2.24) is 4.90 Å². The fraction of sp³-hybridized carbons (Fsp3) is 0.417. The van der Waals surface area contributed by atoms with Crippen LogP contribution in [0.5, 0.6) is 0 Å². The number of carbonyl (C=O) groups is 1. The summed E-state index contributed by atoms with van der Waals surface area (Å²) < 4.78 is 44.6. The summed E-state index contributed by atoms with van der Waals surface area (Å²) in [5.74, 6) is -0.356. The van der Waals surface area contributed by atoms with Crippen molar-refractivity contribution < 1.29 is 27.8 Å². The zero-order valence-corrected chi connectivity index (χ0v) is 19.0. The molecule has 0 unspecified atom stereocenters. The number of aromatic carboxylic acids is 1. The van der Waals surface area contributed by atoms with Gasteiger partial charge in [-0.1, -0.05) is 6.07 Å². The van der Waals surface area contributed by atoms with Gasteiger partial charge in [-0.2, -0.15) is 13.2 Å². The van der Waals surface area contributed by atoms with Gasteiger partial charge in [0.05, 0.1) is 11.1 Å². The molecule has 0 radical (unpaired) electrons. The van der Waals surface area contributed by atoms with E-state index >= 15 is 0 Å². The van der Waals surface area contributed by atoms with Crippen LogP contribution in [0, 0.1) is 0 Å². The smallest absolute Gasteiger partial charge is 0.416 e. The summed E-state index contributed by atoms with van der Waals surface area (Å²) in [5.41, 5.74) is 0.779. The lowest BCUT2D eigenvalue weighted by atomic mass is 10.1. The summed E-state index contributed by atoms with van der Waals surface area (Å²) in [6.45, 7) is 5.94. The van der Waals surface area contributed by atoms with Crippen LogP contribution in [0.25, 0.3) is 0 Å². The largest absolute Gasteiger partial charge is 0.478 e. The molecule has 184 valence electrons. The highest BCUT2D eigenvalue weighted by Gasteiger charge is 2.31. The van der Waals surface area contributed by atoms with Gasteiger partial charge in [0, 0.05) is 57.3 Å². The molecule has 1 aliphatic heterocycles. The molecule has 7 nitrogen and oxygen atoms in total. The van der Waals surface area contributed by atoms with Gasteiger partial charge in [0.2, 0.25) is 0 Å². The lowest BCUT2D eigenvalue weighted by molar-refractivity contribution is -0.137. The van der Waals surface area contributed by atoms with Gasteiger partial charge in [0.25, 0.3) is 0 Å². The Morgan fingerprint density at radius 3 is 2.44 bits per heavy atom. The number of aliphatic imine (C=N–C) groups is 1. The second-order valence-electron chi connectivity index (χ2n) is 7.79. The Hall–Kier alpha value is -3.27. The topological polar surface area (TPSA) is 77.4 Å². The van der Waals surface area contributed by atoms with Gasteiger partial charge in [-0.3, -0.25) is 4.99 Å². The molecule has 2 N–H and O–H groups in total. The average molecular weight is 479 g/mol. The maximum absolute atomic E-state index is 13.1. The molecule has 2 aromatic rings. The summed E-state index contributed by atoms with van der Waals surface area (Å²) in [5, 5.41) is 12.4. The van der Waals surface area contributed by atoms with E-state index in [0.717, 1.165) is 12.5 Å². The molecule has 1 heterocycles. The number of piperazine rings is 1. The minimum Gasteiger partial charge on any atom is -0.478 e. The SMILES string of the molecule is CCOCCCN=C(Nc1ccc(C(=O)O)cc1)N1CCN(c2cccc(C(F)(F)F)c2)CC1. The molecule has 1 saturated heterocycles. The van der Waals surface area contributed by atoms with Crippen molar-refractivity contribution in [1.29, 1.82) is 0 Å². The highest BCUT2D eigenvalue weighted by Crippen LogP contribution is 2.32. The molecule has 1 fully saturated rings. The van der Waals surface area contributed by atoms with Crippen molar-refractivity contribution in [3.05, 3.63) is 59.7 Å². The molecule has 0 amide bonds. The predicted molar refractivity (Wildman–Crippen MR) is 126 cm³/mol. The third-order valence-corrected chi connectivity index (χ3v) is 5.42. The Morgan fingerprint density at radius 2 is 1.82 bits per heavy atom. The molecule has 2 aromatic carbocycles. The molecule has 0 aromatic heterocycles. The summed E-state index contributed by atoms with van der Waals surface area (Å²) in [6, 6.07) is 11.8. The highest BCUT2D eigenvalue weighted by molar-refractivity contribution is 5.95. The van der Waals surface area contributed by atoms with Crippen molar-refractivity contribution in [2.24, 2.45) is 4.99 Å². The number of rotatable bonds is 8. The molecule has 3 rings (SSSR count). The fourth-order valence-corrected chi connectivity index (χ4v) is 3.60. The number of carboxylic acids is 1. The molecular formula is C24H29F3N4O3. The molecule has 0 saturated carbocycles. The second kappa shape index (κ2) is 11.7. The highest BCUT2D eigenvalue weighted by atomic mass is 19.4. The number of hydrogen-bond donors (Lipinski definition) is 2. The number of benzene rings is 2. The van der Waals surface area contributed by atoms with Crippen LogP contribution in [0.1, 0.15) is 29.3 Å². The van der Waals surface area contributed by atoms with E-state index in [1.807, 2.05) is 11.8 Å². The first-order valence-electron chi connectivity index (χ1n) is 11.2. The van der Waals surface area contributed by atoms with Crippen molar-refractivity contribution >= 4 is 23.3 Å². The molecule has 1 aliphatic rings. The van der Waals surface area contributed by atoms with E-state index in [9.17, 15) is 18.0 Å². The fourth-order valence-electron chi connectivity index (χ4n) is 3.60. The number of nitrogens with zero attached hydrogens (tertiary/aromatic N) is 3. The van der Waals surface area contributed by atoms with Gasteiger partial charge in [-0.25, -0.2) is 4.79 Å². The Balaban J connectivity index is 1.68. The number of alkyl halides is 3. The molecule has 0 spiro atoms. The summed E-state index contributed by atoms with van der Waals surface area (Å²) in [6.07, 6.45) is -3.62. The lowest BCUT2D eigenvalue weighted by Gasteiger charge is -2.38. The molecular weight excluding hydrogens is 449 g/mol. The van der Waals surface area contributed by atoms with Gasteiger partial charge >= 0.3 is 12.1 Å². The zero-order chi connectivity index (χ0) is 24.6. The summed E-state index contributed by atoms with van der Waals surface area (Å²) >= 11 is 0. The predicted octanol–water partition coefficient (Wildman–Crippen LogP) is 4.42. The van der Waals surface area contributed by atoms with Gasteiger partial charge in [-0.05, 0) is 55.8 Å². The van der Waals surface area contributed by atoms with E-state index in [0.29, 0.717) is 63.3 Å². The van der Waals surface area contributed by atoms with Crippen molar-refractivity contribution in [3.8, 4) is 0 Å². The van der Waals surface area contributed by atoms with Crippen LogP contribution in [0.4, 0.5) is 24.5 Å². The molecule has 10 heteroatoms. The number of carboxylic acid groups (broad SMARTS) is 1. The van der Waals surface area contributed by atoms with Crippen molar-refractivity contribution in [2.75, 3.05) is 56.2 Å². The maximum Gasteiger partial charge on any atom is 0.416 e. The van der Waals surface area contributed by atoms with E-state index in [-0.39, 0.29) is 5.56 Å². The number of ether oxygens (including phenoxy) is 1. The third-order valence-electron chi connectivity index (χ3n) is 5.42. The van der Waals surface area contributed by atoms with Crippen molar-refractivity contribution in [3.63, 3.8) is 0 Å². The quantitative estimate of drug-likeness (QED) is 0.332. The van der Waals surface area contributed by atoms with E-state index in [4.69, 9.17) is 9.84 Å². The molecule has 0 atom stereocenters. The van der Waals surface area contributed by atoms with Gasteiger partial charge < -0.3 is 25.0 Å². The lowest BCUT2D eigenvalue weighted by Crippen LogP contribution is -2.50. The molecule has 0 bridgehead atoms. The van der Waals surface area contributed by atoms with E-state index in [1.165, 1.54) is 24.3 Å². The van der Waals surface area contributed by atoms with Crippen LogP contribution >= 0.6 is 0 Å². The first kappa shape index (κ1) is 25.4. The van der Waals surface area contributed by atoms with Gasteiger partial charge in [-0.15, -0.1) is 0 Å². The van der Waals surface area contributed by atoms with E-state index in [2.05, 4.69) is 15.2 Å². The normalized spacial score (nSPS) is 14.9. The Kier molecular flexibility index (Phi) is 8.75. The van der Waals surface area contributed by atoms with Crippen LogP contribution < -0.4 is 10.2 Å². The number of halogens is 3. The minimum atomic E-state index is -4.38. The van der Waals surface area contributed by atoms with Gasteiger partial charge in [0.15, 0.2) is 5.96 Å². The van der Waals surface area contributed by atoms with Crippen molar-refractivity contribution in [2.45, 2.75) is 19.5 Å². The monoisotopic (exact) mass is 478 g/mol. The Labute approximate surface area is 196 Å². The number of guanidine groups is 1. The van der Waals surface area contributed by atoms with E-state index in [1.54, 1.807) is 18.2 Å². The average Bonchev–Trinajstić information content (AvgIpc) is 2.83. The number of nitrogens with one attached hydrogen (secondary N) is 1. The minimum absolute atomic E-state index is 0.190. The van der Waals surface area contributed by atoms with Crippen LogP contribution in [0.2, 0.25) is 0 Å². The first-order chi connectivity index (χ1) is 16.3. The van der Waals surface area contributed by atoms with Crippen LogP contribution in [0.3, 0.4) is 0 Å². The van der Waals surface area contributed by atoms with Crippen LogP contribution in [-0.2, 0) is 10.9 Å². The number of anilines is 2. The summed E-state index contributed by atoms with van der Waals surface area (Å²) in [4.78, 5) is 19.8. The second-order valence-corrected chi connectivity index (χ2v) is 7.79. The van der Waals surface area contributed by atoms with Crippen LogP contribution in [0.15, 0.2) is 53.5 Å².